The lowest BCUT2D eigenvalue weighted by Crippen LogP contribution is -2.05. The average molecular weight is 270 g/mol. The molecular weight excluding hydrogens is 252 g/mol. The van der Waals surface area contributed by atoms with Crippen LogP contribution in [0.5, 0.6) is 0 Å². The molecule has 2 aromatic heterocycles. The molecule has 3 rings (SSSR count). The molecule has 0 aliphatic heterocycles. The predicted octanol–water partition coefficient (Wildman–Crippen LogP) is 4.73. The van der Waals surface area contributed by atoms with Crippen LogP contribution in [0.4, 0.5) is 0 Å². The molecule has 3 aromatic rings. The third-order valence-corrected chi connectivity index (χ3v) is 4.16. The molecule has 1 aromatic carbocycles. The number of aromatic nitrogens is 2. The molecule has 0 amide bonds. The summed E-state index contributed by atoms with van der Waals surface area (Å²) >= 11 is 1.81. The minimum atomic E-state index is 0.609. The van der Waals surface area contributed by atoms with Gasteiger partial charge in [-0.3, -0.25) is 0 Å². The highest BCUT2D eigenvalue weighted by Crippen LogP contribution is 2.30. The Morgan fingerprint density at radius 2 is 1.95 bits per heavy atom. The van der Waals surface area contributed by atoms with Crippen molar-refractivity contribution in [1.82, 2.24) is 9.55 Å². The van der Waals surface area contributed by atoms with Crippen LogP contribution in [-0.2, 0) is 6.54 Å². The Labute approximate surface area is 117 Å². The van der Waals surface area contributed by atoms with Gasteiger partial charge >= 0.3 is 0 Å². The highest BCUT2D eigenvalue weighted by atomic mass is 32.1. The normalized spacial score (nSPS) is 11.6. The van der Waals surface area contributed by atoms with E-state index in [9.17, 15) is 0 Å². The minimum Gasteiger partial charge on any atom is -0.323 e. The Bertz CT molecular complexity index is 706. The summed E-state index contributed by atoms with van der Waals surface area (Å²) in [4.78, 5) is 7.41. The Hall–Kier alpha value is -1.61. The molecule has 0 saturated heterocycles. The predicted molar refractivity (Wildman–Crippen MR) is 82.6 cm³/mol. The quantitative estimate of drug-likeness (QED) is 0.673. The van der Waals surface area contributed by atoms with Crippen molar-refractivity contribution in [2.45, 2.75) is 27.3 Å². The summed E-state index contributed by atoms with van der Waals surface area (Å²) in [6, 6.07) is 12.7. The van der Waals surface area contributed by atoms with E-state index in [-0.39, 0.29) is 0 Å². The smallest absolute Gasteiger partial charge is 0.151 e. The van der Waals surface area contributed by atoms with E-state index in [1.165, 1.54) is 15.3 Å². The molecule has 0 radical (unpaired) electrons. The fraction of sp³-hybridized carbons (Fsp3) is 0.312. The number of rotatable bonds is 3. The first-order chi connectivity index (χ1) is 9.15. The summed E-state index contributed by atoms with van der Waals surface area (Å²) in [6.45, 7) is 7.65. The molecule has 2 nitrogen and oxygen atoms in total. The van der Waals surface area contributed by atoms with Crippen molar-refractivity contribution in [3.63, 3.8) is 0 Å². The summed E-state index contributed by atoms with van der Waals surface area (Å²) in [7, 11) is 0. The fourth-order valence-electron chi connectivity index (χ4n) is 2.37. The van der Waals surface area contributed by atoms with Gasteiger partial charge in [-0.2, -0.15) is 0 Å². The van der Waals surface area contributed by atoms with Crippen molar-refractivity contribution in [3.8, 4) is 10.7 Å². The maximum atomic E-state index is 4.82. The molecule has 98 valence electrons. The summed E-state index contributed by atoms with van der Waals surface area (Å²) in [5.74, 6) is 1.71. The van der Waals surface area contributed by atoms with Gasteiger partial charge in [0, 0.05) is 11.4 Å². The van der Waals surface area contributed by atoms with Crippen LogP contribution in [0.3, 0.4) is 0 Å². The summed E-state index contributed by atoms with van der Waals surface area (Å²) in [5.41, 5.74) is 2.32. The van der Waals surface area contributed by atoms with Crippen LogP contribution in [0.1, 0.15) is 18.7 Å². The number of imidazole rings is 1. The van der Waals surface area contributed by atoms with Crippen LogP contribution in [0.2, 0.25) is 0 Å². The Morgan fingerprint density at radius 1 is 1.16 bits per heavy atom. The lowest BCUT2D eigenvalue weighted by atomic mass is 10.2. The van der Waals surface area contributed by atoms with Crippen LogP contribution in [0.15, 0.2) is 36.4 Å². The number of para-hydroxylation sites is 2. The van der Waals surface area contributed by atoms with Crippen LogP contribution < -0.4 is 0 Å². The fourth-order valence-corrected chi connectivity index (χ4v) is 3.23. The Kier molecular flexibility index (Phi) is 3.15. The number of hydrogen-bond acceptors (Lipinski definition) is 2. The van der Waals surface area contributed by atoms with Crippen LogP contribution in [-0.4, -0.2) is 9.55 Å². The second-order valence-electron chi connectivity index (χ2n) is 5.34. The minimum absolute atomic E-state index is 0.609. The number of hydrogen-bond donors (Lipinski definition) is 0. The first kappa shape index (κ1) is 12.4. The van der Waals surface area contributed by atoms with Crippen molar-refractivity contribution in [2.24, 2.45) is 5.92 Å². The van der Waals surface area contributed by atoms with Crippen molar-refractivity contribution in [2.75, 3.05) is 0 Å². The molecular formula is C16H18N2S. The molecule has 0 saturated carbocycles. The third kappa shape index (κ3) is 2.30. The second kappa shape index (κ2) is 4.82. The molecule has 0 spiro atoms. The largest absolute Gasteiger partial charge is 0.323 e. The third-order valence-electron chi connectivity index (χ3n) is 3.16. The molecule has 0 fully saturated rings. The van der Waals surface area contributed by atoms with Gasteiger partial charge < -0.3 is 4.57 Å². The van der Waals surface area contributed by atoms with E-state index in [4.69, 9.17) is 4.98 Å². The van der Waals surface area contributed by atoms with Crippen molar-refractivity contribution < 1.29 is 0 Å². The molecule has 19 heavy (non-hydrogen) atoms. The molecule has 0 unspecified atom stereocenters. The Balaban J connectivity index is 2.22. The molecule has 0 N–H and O–H groups in total. The number of benzene rings is 1. The number of thiophene rings is 1. The molecule has 0 atom stereocenters. The summed E-state index contributed by atoms with van der Waals surface area (Å²) in [6.07, 6.45) is 0. The van der Waals surface area contributed by atoms with E-state index in [1.807, 2.05) is 11.3 Å². The zero-order chi connectivity index (χ0) is 13.4. The first-order valence-corrected chi connectivity index (χ1v) is 7.49. The topological polar surface area (TPSA) is 17.8 Å². The lowest BCUT2D eigenvalue weighted by Gasteiger charge is -2.10. The van der Waals surface area contributed by atoms with E-state index >= 15 is 0 Å². The maximum absolute atomic E-state index is 4.82. The number of aryl methyl sites for hydroxylation is 1. The number of fused-ring (bicyclic) bond motifs is 1. The SMILES string of the molecule is Cc1ccc(-c2nc3ccccc3n2CC(C)C)s1. The van der Waals surface area contributed by atoms with E-state index in [2.05, 4.69) is 61.7 Å². The zero-order valence-electron chi connectivity index (χ0n) is 11.6. The van der Waals surface area contributed by atoms with Crippen molar-refractivity contribution in [3.05, 3.63) is 41.3 Å². The van der Waals surface area contributed by atoms with Crippen molar-refractivity contribution >= 4 is 22.4 Å². The van der Waals surface area contributed by atoms with Gasteiger partial charge in [0.05, 0.1) is 15.9 Å². The first-order valence-electron chi connectivity index (χ1n) is 6.67. The molecule has 0 aliphatic carbocycles. The van der Waals surface area contributed by atoms with E-state index in [1.54, 1.807) is 0 Å². The molecule has 0 bridgehead atoms. The molecule has 3 heteroatoms. The van der Waals surface area contributed by atoms with Gasteiger partial charge in [0.15, 0.2) is 5.82 Å². The van der Waals surface area contributed by atoms with Gasteiger partial charge in [0.1, 0.15) is 0 Å². The summed E-state index contributed by atoms with van der Waals surface area (Å²) < 4.78 is 2.35. The van der Waals surface area contributed by atoms with Gasteiger partial charge in [0.25, 0.3) is 0 Å². The Morgan fingerprint density at radius 3 is 2.63 bits per heavy atom. The maximum Gasteiger partial charge on any atom is 0.151 e. The second-order valence-corrected chi connectivity index (χ2v) is 6.63. The van der Waals surface area contributed by atoms with E-state index in [0.717, 1.165) is 17.9 Å². The highest BCUT2D eigenvalue weighted by molar-refractivity contribution is 7.15. The lowest BCUT2D eigenvalue weighted by molar-refractivity contribution is 0.537. The van der Waals surface area contributed by atoms with Crippen LogP contribution in [0.25, 0.3) is 21.7 Å². The standard InChI is InChI=1S/C16H18N2S/c1-11(2)10-18-14-7-5-4-6-13(14)17-16(18)15-9-8-12(3)19-15/h4-9,11H,10H2,1-3H3. The van der Waals surface area contributed by atoms with Gasteiger partial charge in [-0.15, -0.1) is 11.3 Å². The average Bonchev–Trinajstić information content (AvgIpc) is 2.94. The van der Waals surface area contributed by atoms with Gasteiger partial charge in [-0.25, -0.2) is 4.98 Å². The monoisotopic (exact) mass is 270 g/mol. The van der Waals surface area contributed by atoms with Crippen LogP contribution in [0, 0.1) is 12.8 Å². The van der Waals surface area contributed by atoms with Crippen LogP contribution >= 0.6 is 11.3 Å². The van der Waals surface area contributed by atoms with Gasteiger partial charge in [-0.05, 0) is 37.1 Å². The molecule has 0 aliphatic rings. The van der Waals surface area contributed by atoms with Gasteiger partial charge in [-0.1, -0.05) is 26.0 Å². The summed E-state index contributed by atoms with van der Waals surface area (Å²) in [5, 5.41) is 0. The van der Waals surface area contributed by atoms with E-state index < -0.39 is 0 Å². The van der Waals surface area contributed by atoms with E-state index in [0.29, 0.717) is 5.92 Å². The number of nitrogens with zero attached hydrogens (tertiary/aromatic N) is 2. The van der Waals surface area contributed by atoms with Gasteiger partial charge in [0.2, 0.25) is 0 Å². The zero-order valence-corrected chi connectivity index (χ0v) is 12.4. The highest BCUT2D eigenvalue weighted by Gasteiger charge is 2.14. The molecule has 2 heterocycles. The van der Waals surface area contributed by atoms with Crippen molar-refractivity contribution in [1.29, 1.82) is 0 Å².